The molecule has 0 N–H and O–H groups in total. The fraction of sp³-hybridized carbons (Fsp3) is 0.625. The number of nitriles is 1. The molecule has 0 radical (unpaired) electrons. The van der Waals surface area contributed by atoms with Crippen LogP contribution in [0, 0.1) is 11.3 Å². The second-order valence-corrected chi connectivity index (χ2v) is 8.46. The van der Waals surface area contributed by atoms with E-state index >= 15 is 0 Å². The molecule has 0 spiro atoms. The Labute approximate surface area is 142 Å². The first-order chi connectivity index (χ1) is 11.5. The van der Waals surface area contributed by atoms with Gasteiger partial charge in [0, 0.05) is 44.1 Å². The summed E-state index contributed by atoms with van der Waals surface area (Å²) in [6.45, 7) is 6.45. The van der Waals surface area contributed by atoms with Gasteiger partial charge in [0.2, 0.25) is 10.0 Å². The average Bonchev–Trinajstić information content (AvgIpc) is 2.63. The van der Waals surface area contributed by atoms with Crippen LogP contribution < -0.4 is 0 Å². The Balaban J connectivity index is 1.72. The van der Waals surface area contributed by atoms with Crippen molar-refractivity contribution in [1.82, 2.24) is 14.2 Å². The zero-order chi connectivity index (χ0) is 17.2. The lowest BCUT2D eigenvalue weighted by Gasteiger charge is -2.47. The first kappa shape index (κ1) is 17.3. The predicted octanol–water partition coefficient (Wildman–Crippen LogP) is 0.829. The highest BCUT2D eigenvalue weighted by Gasteiger charge is 2.39. The third kappa shape index (κ3) is 3.30. The number of ether oxygens (including phenoxy) is 1. The lowest BCUT2D eigenvalue weighted by atomic mass is 9.88. The molecule has 130 valence electrons. The zero-order valence-electron chi connectivity index (χ0n) is 13.8. The maximum absolute atomic E-state index is 12.8. The van der Waals surface area contributed by atoms with E-state index in [4.69, 9.17) is 10.00 Å². The number of hydrogen-bond acceptors (Lipinski definition) is 6. The lowest BCUT2D eigenvalue weighted by Crippen LogP contribution is -2.57. The molecule has 0 amide bonds. The van der Waals surface area contributed by atoms with Crippen molar-refractivity contribution in [1.29, 1.82) is 5.26 Å². The Bertz CT molecular complexity index is 730. The van der Waals surface area contributed by atoms with E-state index in [9.17, 15) is 8.42 Å². The van der Waals surface area contributed by atoms with Gasteiger partial charge in [0.25, 0.3) is 0 Å². The molecule has 1 aromatic heterocycles. The van der Waals surface area contributed by atoms with Gasteiger partial charge in [0.05, 0.1) is 18.8 Å². The van der Waals surface area contributed by atoms with Crippen molar-refractivity contribution in [3.8, 4) is 6.07 Å². The largest absolute Gasteiger partial charge is 0.379 e. The van der Waals surface area contributed by atoms with Crippen LogP contribution in [-0.4, -0.2) is 67.5 Å². The Morgan fingerprint density at radius 3 is 2.50 bits per heavy atom. The molecule has 2 saturated heterocycles. The average molecular weight is 350 g/mol. The molecule has 0 aliphatic carbocycles. The summed E-state index contributed by atoms with van der Waals surface area (Å²) in [5.74, 6) is 0. The fourth-order valence-corrected chi connectivity index (χ4v) is 4.83. The number of piperidine rings is 1. The van der Waals surface area contributed by atoms with E-state index in [1.54, 1.807) is 0 Å². The number of pyridine rings is 1. The summed E-state index contributed by atoms with van der Waals surface area (Å²) in [5, 5.41) is 8.94. The van der Waals surface area contributed by atoms with E-state index in [1.165, 1.54) is 22.8 Å². The molecule has 3 heterocycles. The van der Waals surface area contributed by atoms with Crippen LogP contribution >= 0.6 is 0 Å². The normalized spacial score (nSPS) is 22.8. The van der Waals surface area contributed by atoms with Gasteiger partial charge >= 0.3 is 0 Å². The minimum Gasteiger partial charge on any atom is -0.379 e. The van der Waals surface area contributed by atoms with Crippen molar-refractivity contribution < 1.29 is 13.2 Å². The third-order valence-corrected chi connectivity index (χ3v) is 6.92. The van der Waals surface area contributed by atoms with Gasteiger partial charge in [0.15, 0.2) is 0 Å². The van der Waals surface area contributed by atoms with Gasteiger partial charge < -0.3 is 4.74 Å². The van der Waals surface area contributed by atoms with Crippen LogP contribution in [-0.2, 0) is 14.8 Å². The second-order valence-electron chi connectivity index (χ2n) is 6.52. The number of aromatic nitrogens is 1. The molecule has 0 aromatic carbocycles. The quantitative estimate of drug-likeness (QED) is 0.802. The van der Waals surface area contributed by atoms with E-state index in [0.717, 1.165) is 39.1 Å². The van der Waals surface area contributed by atoms with Crippen LogP contribution in [0.2, 0.25) is 0 Å². The van der Waals surface area contributed by atoms with E-state index in [1.807, 2.05) is 6.07 Å². The van der Waals surface area contributed by atoms with E-state index in [-0.39, 0.29) is 16.0 Å². The van der Waals surface area contributed by atoms with Crippen LogP contribution in [0.15, 0.2) is 23.4 Å². The molecular formula is C16H22N4O3S. The maximum atomic E-state index is 12.8. The molecular weight excluding hydrogens is 328 g/mol. The van der Waals surface area contributed by atoms with Crippen molar-refractivity contribution in [2.24, 2.45) is 0 Å². The summed E-state index contributed by atoms with van der Waals surface area (Å²) in [5.41, 5.74) is 0.272. The standard InChI is InChI=1S/C16H22N4O3S/c1-16(19-6-8-23-9-7-19)2-4-20(5-3-16)24(21,22)15-10-14(11-17)12-18-13-15/h10,12-13H,2-9H2,1H3. The van der Waals surface area contributed by atoms with Crippen molar-refractivity contribution in [2.45, 2.75) is 30.2 Å². The maximum Gasteiger partial charge on any atom is 0.244 e. The van der Waals surface area contributed by atoms with Crippen LogP contribution in [0.25, 0.3) is 0 Å². The molecule has 8 heteroatoms. The van der Waals surface area contributed by atoms with Crippen LogP contribution in [0.3, 0.4) is 0 Å². The van der Waals surface area contributed by atoms with Crippen molar-refractivity contribution in [3.05, 3.63) is 24.0 Å². The van der Waals surface area contributed by atoms with Crippen molar-refractivity contribution in [2.75, 3.05) is 39.4 Å². The summed E-state index contributed by atoms with van der Waals surface area (Å²) in [6.07, 6.45) is 4.26. The number of rotatable bonds is 3. The summed E-state index contributed by atoms with van der Waals surface area (Å²) in [7, 11) is -3.60. The number of nitrogens with zero attached hydrogens (tertiary/aromatic N) is 4. The zero-order valence-corrected chi connectivity index (χ0v) is 14.6. The Hall–Kier alpha value is -1.53. The smallest absolute Gasteiger partial charge is 0.244 e. The highest BCUT2D eigenvalue weighted by molar-refractivity contribution is 7.89. The molecule has 0 unspecified atom stereocenters. The second kappa shape index (κ2) is 6.76. The van der Waals surface area contributed by atoms with Crippen molar-refractivity contribution >= 4 is 10.0 Å². The Kier molecular flexibility index (Phi) is 4.88. The van der Waals surface area contributed by atoms with Crippen LogP contribution in [0.1, 0.15) is 25.3 Å². The molecule has 0 saturated carbocycles. The molecule has 2 aliphatic rings. The summed E-state index contributed by atoms with van der Waals surface area (Å²) < 4.78 is 32.5. The number of morpholine rings is 1. The first-order valence-electron chi connectivity index (χ1n) is 8.14. The topological polar surface area (TPSA) is 86.5 Å². The van der Waals surface area contributed by atoms with Crippen LogP contribution in [0.5, 0.6) is 0 Å². The third-order valence-electron chi connectivity index (χ3n) is 5.05. The van der Waals surface area contributed by atoms with Gasteiger partial charge in [-0.3, -0.25) is 9.88 Å². The van der Waals surface area contributed by atoms with E-state index < -0.39 is 10.0 Å². The molecule has 0 atom stereocenters. The number of sulfonamides is 1. The first-order valence-corrected chi connectivity index (χ1v) is 9.58. The minimum atomic E-state index is -3.60. The monoisotopic (exact) mass is 350 g/mol. The molecule has 7 nitrogen and oxygen atoms in total. The fourth-order valence-electron chi connectivity index (χ4n) is 3.40. The highest BCUT2D eigenvalue weighted by atomic mass is 32.2. The predicted molar refractivity (Wildman–Crippen MR) is 87.7 cm³/mol. The molecule has 2 fully saturated rings. The van der Waals surface area contributed by atoms with Crippen molar-refractivity contribution in [3.63, 3.8) is 0 Å². The molecule has 1 aromatic rings. The van der Waals surface area contributed by atoms with Gasteiger partial charge in [-0.1, -0.05) is 0 Å². The minimum absolute atomic E-state index is 0.0164. The summed E-state index contributed by atoms with van der Waals surface area (Å²) in [4.78, 5) is 6.38. The van der Waals surface area contributed by atoms with Gasteiger partial charge in [0.1, 0.15) is 11.0 Å². The lowest BCUT2D eigenvalue weighted by molar-refractivity contribution is -0.0328. The molecule has 24 heavy (non-hydrogen) atoms. The van der Waals surface area contributed by atoms with E-state index in [0.29, 0.717) is 13.1 Å². The molecule has 3 rings (SSSR count). The van der Waals surface area contributed by atoms with E-state index in [2.05, 4.69) is 16.8 Å². The van der Waals surface area contributed by atoms with Gasteiger partial charge in [-0.2, -0.15) is 9.57 Å². The highest BCUT2D eigenvalue weighted by Crippen LogP contribution is 2.31. The van der Waals surface area contributed by atoms with Gasteiger partial charge in [-0.25, -0.2) is 8.42 Å². The summed E-state index contributed by atoms with van der Waals surface area (Å²) in [6, 6.07) is 3.32. The van der Waals surface area contributed by atoms with Gasteiger partial charge in [-0.15, -0.1) is 0 Å². The molecule has 0 bridgehead atoms. The van der Waals surface area contributed by atoms with Crippen LogP contribution in [0.4, 0.5) is 0 Å². The number of hydrogen-bond donors (Lipinski definition) is 0. The Morgan fingerprint density at radius 2 is 1.88 bits per heavy atom. The molecule has 2 aliphatic heterocycles. The SMILES string of the molecule is CC1(N2CCOCC2)CCN(S(=O)(=O)c2cncc(C#N)c2)CC1. The Morgan fingerprint density at radius 1 is 1.21 bits per heavy atom. The summed E-state index contributed by atoms with van der Waals surface area (Å²) >= 11 is 0. The van der Waals surface area contributed by atoms with Gasteiger partial charge in [-0.05, 0) is 25.8 Å².